The molecule has 1 unspecified atom stereocenters. The molecule has 1 atom stereocenters. The molecule has 3 rings (SSSR count). The summed E-state index contributed by atoms with van der Waals surface area (Å²) in [5.74, 6) is 0.597. The molecule has 0 aliphatic carbocycles. The number of anilines is 1. The third-order valence-corrected chi connectivity index (χ3v) is 4.17. The van der Waals surface area contributed by atoms with Crippen LogP contribution in [0.5, 0.6) is 0 Å². The summed E-state index contributed by atoms with van der Waals surface area (Å²) >= 11 is 0. The topological polar surface area (TPSA) is 29.0 Å². The van der Waals surface area contributed by atoms with Gasteiger partial charge in [0, 0.05) is 18.2 Å². The molecule has 1 aliphatic heterocycles. The minimum Gasteiger partial charge on any atom is -0.354 e. The Kier molecular flexibility index (Phi) is 4.43. The number of rotatable bonds is 2. The van der Waals surface area contributed by atoms with Crippen molar-refractivity contribution < 1.29 is 17.6 Å². The van der Waals surface area contributed by atoms with Gasteiger partial charge in [0.15, 0.2) is 0 Å². The molecular formula is C17H17F4N3. The number of nitrogens with zero attached hydrogens (tertiary/aromatic N) is 3. The number of alkyl halides is 4. The lowest BCUT2D eigenvalue weighted by atomic mass is 10.0. The van der Waals surface area contributed by atoms with Crippen molar-refractivity contribution >= 4 is 5.82 Å². The van der Waals surface area contributed by atoms with Crippen molar-refractivity contribution in [2.75, 3.05) is 18.0 Å². The summed E-state index contributed by atoms with van der Waals surface area (Å²) in [5.41, 5.74) is 0.592. The van der Waals surface area contributed by atoms with Gasteiger partial charge >= 0.3 is 6.18 Å². The van der Waals surface area contributed by atoms with Crippen LogP contribution >= 0.6 is 0 Å². The molecule has 0 N–H and O–H groups in total. The Balaban J connectivity index is 1.90. The predicted octanol–water partition coefficient (Wildman–Crippen LogP) is 4.41. The number of halogens is 4. The van der Waals surface area contributed by atoms with Gasteiger partial charge in [0.1, 0.15) is 18.3 Å². The zero-order valence-corrected chi connectivity index (χ0v) is 13.1. The van der Waals surface area contributed by atoms with Gasteiger partial charge in [-0.1, -0.05) is 6.07 Å². The quantitative estimate of drug-likeness (QED) is 0.759. The first-order valence-electron chi connectivity index (χ1n) is 7.74. The zero-order valence-electron chi connectivity index (χ0n) is 13.1. The Morgan fingerprint density at radius 2 is 1.96 bits per heavy atom. The highest BCUT2D eigenvalue weighted by molar-refractivity contribution is 5.64. The van der Waals surface area contributed by atoms with Crippen molar-refractivity contribution in [1.82, 2.24) is 9.97 Å². The van der Waals surface area contributed by atoms with Crippen LogP contribution in [0.25, 0.3) is 11.3 Å². The molecule has 24 heavy (non-hydrogen) atoms. The van der Waals surface area contributed by atoms with E-state index in [2.05, 4.69) is 9.97 Å². The summed E-state index contributed by atoms with van der Waals surface area (Å²) in [4.78, 5) is 10.2. The molecule has 1 aliphatic rings. The van der Waals surface area contributed by atoms with Gasteiger partial charge in [0.25, 0.3) is 0 Å². The molecule has 0 amide bonds. The monoisotopic (exact) mass is 339 g/mol. The Morgan fingerprint density at radius 3 is 2.62 bits per heavy atom. The van der Waals surface area contributed by atoms with Crippen molar-refractivity contribution in [3.05, 3.63) is 41.7 Å². The van der Waals surface area contributed by atoms with Crippen LogP contribution < -0.4 is 4.90 Å². The second-order valence-electron chi connectivity index (χ2n) is 5.97. The molecule has 1 aromatic heterocycles. The lowest BCUT2D eigenvalue weighted by molar-refractivity contribution is -0.138. The summed E-state index contributed by atoms with van der Waals surface area (Å²) < 4.78 is 52.1. The first kappa shape index (κ1) is 16.7. The van der Waals surface area contributed by atoms with Crippen LogP contribution in [0.3, 0.4) is 0 Å². The molecule has 0 bridgehead atoms. The standard InChI is InChI=1S/C17H17F4N3/c1-11-7-12(4-5-14(11)17(19,20)21)15-8-16(23-10-22-15)24-6-2-3-13(18)9-24/h4-5,7-8,10,13H,2-3,6,9H2,1H3. The van der Waals surface area contributed by atoms with Gasteiger partial charge in [0.2, 0.25) is 0 Å². The molecule has 3 nitrogen and oxygen atoms in total. The van der Waals surface area contributed by atoms with E-state index in [4.69, 9.17) is 0 Å². The SMILES string of the molecule is Cc1cc(-c2cc(N3CCCC(F)C3)ncn2)ccc1C(F)(F)F. The first-order chi connectivity index (χ1) is 11.3. The maximum Gasteiger partial charge on any atom is 0.416 e. The van der Waals surface area contributed by atoms with Crippen LogP contribution in [0.1, 0.15) is 24.0 Å². The number of aromatic nitrogens is 2. The number of aryl methyl sites for hydroxylation is 1. The van der Waals surface area contributed by atoms with Gasteiger partial charge < -0.3 is 4.90 Å². The third-order valence-electron chi connectivity index (χ3n) is 4.17. The zero-order chi connectivity index (χ0) is 17.3. The highest BCUT2D eigenvalue weighted by atomic mass is 19.4. The molecular weight excluding hydrogens is 322 g/mol. The lowest BCUT2D eigenvalue weighted by Crippen LogP contribution is -2.36. The number of benzene rings is 1. The van der Waals surface area contributed by atoms with Gasteiger partial charge in [-0.25, -0.2) is 14.4 Å². The van der Waals surface area contributed by atoms with E-state index in [-0.39, 0.29) is 12.1 Å². The molecule has 0 spiro atoms. The van der Waals surface area contributed by atoms with Crippen molar-refractivity contribution in [2.24, 2.45) is 0 Å². The molecule has 0 radical (unpaired) electrons. The molecule has 1 fully saturated rings. The Labute approximate surface area is 137 Å². The normalized spacial score (nSPS) is 18.7. The summed E-state index contributed by atoms with van der Waals surface area (Å²) in [5, 5.41) is 0. The average molecular weight is 339 g/mol. The molecule has 1 saturated heterocycles. The average Bonchev–Trinajstić information content (AvgIpc) is 2.54. The van der Waals surface area contributed by atoms with E-state index in [1.165, 1.54) is 25.4 Å². The van der Waals surface area contributed by atoms with Gasteiger partial charge in [-0.2, -0.15) is 13.2 Å². The van der Waals surface area contributed by atoms with E-state index in [1.807, 2.05) is 4.90 Å². The lowest BCUT2D eigenvalue weighted by Gasteiger charge is -2.30. The van der Waals surface area contributed by atoms with Crippen LogP contribution in [-0.4, -0.2) is 29.2 Å². The van der Waals surface area contributed by atoms with Crippen molar-refractivity contribution in [2.45, 2.75) is 32.1 Å². The minimum absolute atomic E-state index is 0.141. The van der Waals surface area contributed by atoms with E-state index in [0.29, 0.717) is 30.0 Å². The Morgan fingerprint density at radius 1 is 1.17 bits per heavy atom. The van der Waals surface area contributed by atoms with Gasteiger partial charge in [-0.15, -0.1) is 0 Å². The largest absolute Gasteiger partial charge is 0.416 e. The maximum atomic E-state index is 13.6. The highest BCUT2D eigenvalue weighted by Gasteiger charge is 2.32. The Bertz CT molecular complexity index is 730. The van der Waals surface area contributed by atoms with Gasteiger partial charge in [0.05, 0.1) is 17.8 Å². The number of hydrogen-bond donors (Lipinski definition) is 0. The van der Waals surface area contributed by atoms with Crippen molar-refractivity contribution in [1.29, 1.82) is 0 Å². The molecule has 2 heterocycles. The van der Waals surface area contributed by atoms with Crippen molar-refractivity contribution in [3.63, 3.8) is 0 Å². The molecule has 1 aromatic carbocycles. The van der Waals surface area contributed by atoms with Crippen LogP contribution in [0.15, 0.2) is 30.6 Å². The van der Waals surface area contributed by atoms with E-state index in [1.54, 1.807) is 6.07 Å². The molecule has 128 valence electrons. The third kappa shape index (κ3) is 3.49. The van der Waals surface area contributed by atoms with Gasteiger partial charge in [-0.3, -0.25) is 0 Å². The summed E-state index contributed by atoms with van der Waals surface area (Å²) in [6, 6.07) is 5.62. The second kappa shape index (κ2) is 6.37. The first-order valence-corrected chi connectivity index (χ1v) is 7.74. The highest BCUT2D eigenvalue weighted by Crippen LogP contribution is 2.34. The second-order valence-corrected chi connectivity index (χ2v) is 5.97. The van der Waals surface area contributed by atoms with E-state index in [9.17, 15) is 17.6 Å². The summed E-state index contributed by atoms with van der Waals surface area (Å²) in [7, 11) is 0. The minimum atomic E-state index is -4.37. The fourth-order valence-electron chi connectivity index (χ4n) is 2.95. The van der Waals surface area contributed by atoms with Crippen LogP contribution in [0.2, 0.25) is 0 Å². The Hall–Kier alpha value is -2.18. The van der Waals surface area contributed by atoms with E-state index < -0.39 is 17.9 Å². The number of hydrogen-bond acceptors (Lipinski definition) is 3. The molecule has 2 aromatic rings. The van der Waals surface area contributed by atoms with Crippen molar-refractivity contribution in [3.8, 4) is 11.3 Å². The molecule has 0 saturated carbocycles. The fourth-order valence-corrected chi connectivity index (χ4v) is 2.95. The van der Waals surface area contributed by atoms with Gasteiger partial charge in [-0.05, 0) is 37.5 Å². The number of piperidine rings is 1. The molecule has 7 heteroatoms. The summed E-state index contributed by atoms with van der Waals surface area (Å²) in [6.45, 7) is 2.41. The van der Waals surface area contributed by atoms with E-state index >= 15 is 0 Å². The fraction of sp³-hybridized carbons (Fsp3) is 0.412. The van der Waals surface area contributed by atoms with Crippen LogP contribution in [0, 0.1) is 6.92 Å². The van der Waals surface area contributed by atoms with Crippen LogP contribution in [0.4, 0.5) is 23.4 Å². The predicted molar refractivity (Wildman–Crippen MR) is 83.6 cm³/mol. The smallest absolute Gasteiger partial charge is 0.354 e. The summed E-state index contributed by atoms with van der Waals surface area (Å²) in [6.07, 6.45) is -2.60. The van der Waals surface area contributed by atoms with Crippen LogP contribution in [-0.2, 0) is 6.18 Å². The maximum absolute atomic E-state index is 13.6. The van der Waals surface area contributed by atoms with E-state index in [0.717, 1.165) is 12.5 Å².